The molecule has 266 valence electrons. The summed E-state index contributed by atoms with van der Waals surface area (Å²) in [6, 6.07) is 15.1. The largest absolute Gasteiger partial charge is 0.484 e. The number of ether oxygens (including phenoxy) is 4. The van der Waals surface area contributed by atoms with Gasteiger partial charge in [0.05, 0.1) is 14.2 Å². The van der Waals surface area contributed by atoms with E-state index >= 15 is 0 Å². The molecular weight excluding hydrogens is 689 g/mol. The number of nitrogens with one attached hydrogen (secondary N) is 2. The van der Waals surface area contributed by atoms with E-state index < -0.39 is 58.4 Å². The number of β-lactam (4-membered cyclic amide) rings is 2. The van der Waals surface area contributed by atoms with Crippen LogP contribution in [0.15, 0.2) is 83.2 Å². The Morgan fingerprint density at radius 1 is 0.620 bits per heavy atom. The third-order valence-corrected chi connectivity index (χ3v) is 10.4. The van der Waals surface area contributed by atoms with Crippen molar-refractivity contribution in [3.63, 3.8) is 0 Å². The van der Waals surface area contributed by atoms with Crippen LogP contribution in [0.4, 0.5) is 0 Å². The lowest BCUT2D eigenvalue weighted by atomic mass is 10.0. The topological polar surface area (TPSA) is 170 Å². The number of esters is 2. The second-order valence-electron chi connectivity index (χ2n) is 11.4. The molecule has 0 spiro atoms. The molecule has 2 N–H and O–H groups in total. The van der Waals surface area contributed by atoms with Gasteiger partial charge in [0.1, 0.15) is 45.7 Å². The lowest BCUT2D eigenvalue weighted by Gasteiger charge is -2.50. The van der Waals surface area contributed by atoms with E-state index in [1.54, 1.807) is 88.4 Å². The zero-order valence-electron chi connectivity index (χ0n) is 28.3. The molecule has 0 saturated carbocycles. The summed E-state index contributed by atoms with van der Waals surface area (Å²) in [6.07, 6.45) is 0. The van der Waals surface area contributed by atoms with Crippen molar-refractivity contribution < 1.29 is 47.7 Å². The van der Waals surface area contributed by atoms with E-state index in [0.29, 0.717) is 22.6 Å². The maximum absolute atomic E-state index is 13.5. The number of hydrogen-bond donors (Lipinski definition) is 2. The summed E-state index contributed by atoms with van der Waals surface area (Å²) in [5.74, 6) is -2.90. The number of hydrogen-bond acceptors (Lipinski definition) is 12. The fraction of sp³-hybridized carbons (Fsp3) is 0.353. The first-order chi connectivity index (χ1) is 23.9. The van der Waals surface area contributed by atoms with Crippen molar-refractivity contribution in [1.82, 2.24) is 20.4 Å². The van der Waals surface area contributed by atoms with Gasteiger partial charge in [-0.25, -0.2) is 9.59 Å². The van der Waals surface area contributed by atoms with Gasteiger partial charge >= 0.3 is 11.9 Å². The number of benzene rings is 2. The third-order valence-electron chi connectivity index (χ3n) is 7.38. The van der Waals surface area contributed by atoms with Crippen LogP contribution in [0.1, 0.15) is 27.7 Å². The fourth-order valence-electron chi connectivity index (χ4n) is 5.02. The summed E-state index contributed by atoms with van der Waals surface area (Å²) < 4.78 is 21.0. The number of methoxy groups -OCH3 is 2. The number of allylic oxidation sites excluding steroid dienone is 2. The number of amides is 4. The van der Waals surface area contributed by atoms with Gasteiger partial charge in [-0.05, 0) is 63.1 Å². The van der Waals surface area contributed by atoms with Gasteiger partial charge in [0.25, 0.3) is 23.6 Å². The van der Waals surface area contributed by atoms with E-state index in [1.165, 1.54) is 24.0 Å². The van der Waals surface area contributed by atoms with Crippen LogP contribution in [0.5, 0.6) is 11.5 Å². The monoisotopic (exact) mass is 726 g/mol. The van der Waals surface area contributed by atoms with Crippen LogP contribution in [-0.4, -0.2) is 95.6 Å². The smallest absolute Gasteiger partial charge is 0.354 e. The minimum Gasteiger partial charge on any atom is -0.484 e. The van der Waals surface area contributed by atoms with Crippen LogP contribution in [0.2, 0.25) is 0 Å². The van der Waals surface area contributed by atoms with Crippen molar-refractivity contribution in [3.05, 3.63) is 83.2 Å². The van der Waals surface area contributed by atoms with Gasteiger partial charge in [0.2, 0.25) is 0 Å². The zero-order chi connectivity index (χ0) is 36.5. The molecule has 16 heteroatoms. The van der Waals surface area contributed by atoms with E-state index in [4.69, 9.17) is 18.9 Å². The third kappa shape index (κ3) is 8.60. The first-order valence-corrected chi connectivity index (χ1v) is 17.6. The van der Waals surface area contributed by atoms with Gasteiger partial charge in [-0.15, -0.1) is 0 Å². The number of nitrogens with zero attached hydrogens (tertiary/aromatic N) is 2. The standard InChI is InChI=1S/C34H38N4O10S2/c1-19(2)27(33(43)45-5)37-29(41)25(35-23(39)17-47-21-13-9-7-10-14-21)31(37)49-50-32-26(30(42)38(32)28(20(3)4)34(44)46-6)36-24(40)18-48-22-15-11-8-12-16-22/h7-16,25-26,31-32H,17-18H2,1-6H3,(H,35,39)(H,36,40). The Morgan fingerprint density at radius 2 is 0.960 bits per heavy atom. The number of carbonyl (C=O) groups excluding carboxylic acids is 6. The maximum atomic E-state index is 13.5. The summed E-state index contributed by atoms with van der Waals surface area (Å²) in [5, 5.41) is 3.60. The van der Waals surface area contributed by atoms with E-state index in [9.17, 15) is 28.8 Å². The lowest BCUT2D eigenvalue weighted by molar-refractivity contribution is -0.151. The Kier molecular flexibility index (Phi) is 13.0. The van der Waals surface area contributed by atoms with Crippen molar-refractivity contribution in [2.75, 3.05) is 27.4 Å². The molecule has 4 unspecified atom stereocenters. The van der Waals surface area contributed by atoms with E-state index in [0.717, 1.165) is 21.6 Å². The zero-order valence-corrected chi connectivity index (χ0v) is 29.9. The van der Waals surface area contributed by atoms with Crippen LogP contribution in [0.3, 0.4) is 0 Å². The first-order valence-electron chi connectivity index (χ1n) is 15.3. The quantitative estimate of drug-likeness (QED) is 0.119. The molecule has 2 saturated heterocycles. The van der Waals surface area contributed by atoms with Crippen LogP contribution >= 0.6 is 21.6 Å². The normalized spacial score (nSPS) is 19.2. The van der Waals surface area contributed by atoms with Crippen molar-refractivity contribution in [2.45, 2.75) is 50.5 Å². The molecule has 2 heterocycles. The van der Waals surface area contributed by atoms with Crippen LogP contribution in [0, 0.1) is 0 Å². The van der Waals surface area contributed by atoms with Gasteiger partial charge in [0, 0.05) is 0 Å². The Hall–Kier alpha value is -4.96. The van der Waals surface area contributed by atoms with Crippen molar-refractivity contribution >= 4 is 57.2 Å². The molecule has 2 fully saturated rings. The Balaban J connectivity index is 1.57. The van der Waals surface area contributed by atoms with Gasteiger partial charge in [-0.1, -0.05) is 58.0 Å². The average Bonchev–Trinajstić information content (AvgIpc) is 3.11. The van der Waals surface area contributed by atoms with Gasteiger partial charge in [0.15, 0.2) is 13.2 Å². The lowest BCUT2D eigenvalue weighted by Crippen LogP contribution is -2.71. The summed E-state index contributed by atoms with van der Waals surface area (Å²) in [5.41, 5.74) is 0.954. The molecule has 0 aliphatic carbocycles. The highest BCUT2D eigenvalue weighted by molar-refractivity contribution is 8.77. The van der Waals surface area contributed by atoms with Crippen LogP contribution < -0.4 is 20.1 Å². The molecule has 4 atom stereocenters. The molecule has 14 nitrogen and oxygen atoms in total. The molecular formula is C34H38N4O10S2. The van der Waals surface area contributed by atoms with Crippen molar-refractivity contribution in [1.29, 1.82) is 0 Å². The molecule has 50 heavy (non-hydrogen) atoms. The minimum atomic E-state index is -1.10. The average molecular weight is 727 g/mol. The molecule has 2 aromatic carbocycles. The van der Waals surface area contributed by atoms with Gasteiger partial charge in [-0.2, -0.15) is 0 Å². The molecule has 4 amide bonds. The Labute approximate surface area is 297 Å². The predicted octanol–water partition coefficient (Wildman–Crippen LogP) is 2.77. The van der Waals surface area contributed by atoms with Crippen molar-refractivity contribution in [2.24, 2.45) is 0 Å². The summed E-state index contributed by atoms with van der Waals surface area (Å²) in [6.45, 7) is 5.80. The first kappa shape index (κ1) is 37.9. The number of para-hydroxylation sites is 2. The van der Waals surface area contributed by atoms with Gasteiger partial charge in [-0.3, -0.25) is 29.0 Å². The highest BCUT2D eigenvalue weighted by Crippen LogP contribution is 2.47. The van der Waals surface area contributed by atoms with E-state index in [-0.39, 0.29) is 24.6 Å². The predicted molar refractivity (Wildman–Crippen MR) is 185 cm³/mol. The molecule has 4 rings (SSSR count). The van der Waals surface area contributed by atoms with Crippen LogP contribution in [0.25, 0.3) is 0 Å². The summed E-state index contributed by atoms with van der Waals surface area (Å²) in [4.78, 5) is 80.9. The molecule has 2 aliphatic rings. The van der Waals surface area contributed by atoms with Crippen LogP contribution in [-0.2, 0) is 38.2 Å². The molecule has 2 aliphatic heterocycles. The molecule has 0 bridgehead atoms. The second-order valence-corrected chi connectivity index (χ2v) is 13.9. The SMILES string of the molecule is COC(=O)C(=C(C)C)N1C(=O)C(NC(=O)COc2ccccc2)C1SSC1C(NC(=O)COc2ccccc2)C(=O)N1C(C(=O)OC)=C(C)C. The molecule has 2 aromatic rings. The van der Waals surface area contributed by atoms with Gasteiger partial charge < -0.3 is 29.6 Å². The van der Waals surface area contributed by atoms with E-state index in [1.807, 2.05) is 0 Å². The Bertz CT molecular complexity index is 1550. The highest BCUT2D eigenvalue weighted by Gasteiger charge is 2.56. The second kappa shape index (κ2) is 17.1. The molecule has 0 aromatic heterocycles. The summed E-state index contributed by atoms with van der Waals surface area (Å²) >= 11 is 0. The Morgan fingerprint density at radius 3 is 1.26 bits per heavy atom. The number of likely N-dealkylation sites (tertiary alicyclic amines) is 2. The number of rotatable bonds is 15. The molecule has 0 radical (unpaired) electrons. The minimum absolute atomic E-state index is 0.00867. The van der Waals surface area contributed by atoms with E-state index in [2.05, 4.69) is 10.6 Å². The fourth-order valence-corrected chi connectivity index (χ4v) is 8.30. The maximum Gasteiger partial charge on any atom is 0.354 e. The van der Waals surface area contributed by atoms with Crippen molar-refractivity contribution in [3.8, 4) is 11.5 Å². The highest BCUT2D eigenvalue weighted by atomic mass is 33.1. The summed E-state index contributed by atoms with van der Waals surface area (Å²) in [7, 11) is 4.51. The number of carbonyl (C=O) groups is 6.